The first kappa shape index (κ1) is 65.1. The van der Waals surface area contributed by atoms with Crippen LogP contribution in [0.4, 0.5) is 4.79 Å². The van der Waals surface area contributed by atoms with E-state index < -0.39 is 83.9 Å². The van der Waals surface area contributed by atoms with Crippen molar-refractivity contribution in [2.45, 2.75) is 180 Å². The summed E-state index contributed by atoms with van der Waals surface area (Å²) >= 11 is 0. The Balaban J connectivity index is 1.62. The van der Waals surface area contributed by atoms with Gasteiger partial charge in [0, 0.05) is 64.2 Å². The molecule has 0 aromatic carbocycles. The highest BCUT2D eigenvalue weighted by atomic mass is 33.1. The first-order chi connectivity index (χ1) is 36.2. The van der Waals surface area contributed by atoms with Crippen LogP contribution in [-0.2, 0) is 61.9 Å². The summed E-state index contributed by atoms with van der Waals surface area (Å²) in [6.07, 6.45) is 12.6. The van der Waals surface area contributed by atoms with Crippen molar-refractivity contribution in [1.82, 2.24) is 4.90 Å². The van der Waals surface area contributed by atoms with Gasteiger partial charge in [-0.15, -0.1) is 0 Å². The molecule has 1 saturated carbocycles. The fourth-order valence-corrected chi connectivity index (χ4v) is 11.9. The summed E-state index contributed by atoms with van der Waals surface area (Å²) < 4.78 is 46.3. The fraction of sp³-hybridized carbons (Fsp3) is 0.754. The Labute approximate surface area is 459 Å². The molecule has 2 bridgehead atoms. The third-order valence-corrected chi connectivity index (χ3v) is 17.4. The first-order valence-electron chi connectivity index (χ1n) is 27.2. The second-order valence-corrected chi connectivity index (χ2v) is 24.1. The highest BCUT2D eigenvalue weighted by molar-refractivity contribution is 8.76. The minimum Gasteiger partial charge on any atom is -0.460 e. The van der Waals surface area contributed by atoms with E-state index in [1.165, 1.54) is 12.0 Å². The van der Waals surface area contributed by atoms with E-state index in [1.54, 1.807) is 62.7 Å². The van der Waals surface area contributed by atoms with Crippen LogP contribution in [0, 0.1) is 35.5 Å². The van der Waals surface area contributed by atoms with E-state index in [0.29, 0.717) is 69.1 Å². The van der Waals surface area contributed by atoms with Gasteiger partial charge in [-0.05, 0) is 113 Å². The molecular weight excluding hydrogens is 1020 g/mol. The van der Waals surface area contributed by atoms with Crippen molar-refractivity contribution in [1.29, 1.82) is 0 Å². The van der Waals surface area contributed by atoms with Crippen LogP contribution >= 0.6 is 21.6 Å². The van der Waals surface area contributed by atoms with E-state index in [9.17, 15) is 39.0 Å². The molecule has 4 rings (SSSR count). The van der Waals surface area contributed by atoms with Crippen molar-refractivity contribution in [3.63, 3.8) is 0 Å². The number of ketones is 3. The zero-order valence-electron chi connectivity index (χ0n) is 46.9. The number of methoxy groups -OCH3 is 3. The number of ether oxygens (including phenoxy) is 8. The van der Waals surface area contributed by atoms with Crippen LogP contribution in [-0.4, -0.2) is 165 Å². The van der Waals surface area contributed by atoms with Gasteiger partial charge >= 0.3 is 12.1 Å². The summed E-state index contributed by atoms with van der Waals surface area (Å²) in [5.74, 6) is -7.56. The monoisotopic (exact) mass is 1110 g/mol. The number of fused-ring (bicyclic) bond motifs is 3. The van der Waals surface area contributed by atoms with E-state index in [2.05, 4.69) is 0 Å². The van der Waals surface area contributed by atoms with Crippen LogP contribution < -0.4 is 0 Å². The summed E-state index contributed by atoms with van der Waals surface area (Å²) in [6.45, 7) is 13.1. The minimum absolute atomic E-state index is 0.00411. The number of hydrogen-bond acceptors (Lipinski definition) is 18. The molecule has 1 amide bonds. The topological polar surface area (TPSA) is 220 Å². The number of carbonyl (C=O) groups excluding carboxylic acids is 6. The van der Waals surface area contributed by atoms with Crippen molar-refractivity contribution in [2.75, 3.05) is 59.7 Å². The Morgan fingerprint density at radius 2 is 1.59 bits per heavy atom. The number of amides is 1. The van der Waals surface area contributed by atoms with Crippen LogP contribution in [0.1, 0.15) is 126 Å². The van der Waals surface area contributed by atoms with Gasteiger partial charge in [0.2, 0.25) is 5.79 Å². The van der Waals surface area contributed by atoms with Gasteiger partial charge in [0.25, 0.3) is 11.7 Å². The predicted octanol–water partition coefficient (Wildman–Crippen LogP) is 8.37. The number of nitrogens with zero attached hydrogens (tertiary/aromatic N) is 1. The Morgan fingerprint density at radius 3 is 2.29 bits per heavy atom. The van der Waals surface area contributed by atoms with E-state index in [1.807, 2.05) is 64.3 Å². The lowest BCUT2D eigenvalue weighted by molar-refractivity contribution is -0.265. The molecule has 2 N–H and O–H groups in total. The van der Waals surface area contributed by atoms with Gasteiger partial charge in [0.1, 0.15) is 43.4 Å². The summed E-state index contributed by atoms with van der Waals surface area (Å²) in [4.78, 5) is 84.6. The van der Waals surface area contributed by atoms with Gasteiger partial charge in [-0.3, -0.25) is 19.2 Å². The number of carbonyl (C=O) groups is 6. The van der Waals surface area contributed by atoms with E-state index >= 15 is 0 Å². The van der Waals surface area contributed by atoms with Crippen molar-refractivity contribution in [3.05, 3.63) is 47.6 Å². The van der Waals surface area contributed by atoms with Crippen LogP contribution in [0.25, 0.3) is 0 Å². The summed E-state index contributed by atoms with van der Waals surface area (Å²) in [5.41, 5.74) is 1.24. The summed E-state index contributed by atoms with van der Waals surface area (Å²) in [6, 6.07) is -1.17. The molecule has 2 saturated heterocycles. The van der Waals surface area contributed by atoms with Crippen molar-refractivity contribution >= 4 is 57.0 Å². The van der Waals surface area contributed by atoms with Gasteiger partial charge in [0.05, 0.1) is 31.0 Å². The molecular formula is C57H89NO16S2. The second-order valence-electron chi connectivity index (χ2n) is 21.4. The molecule has 0 radical (unpaired) electrons. The number of rotatable bonds is 14. The number of allylic oxidation sites excluding steroid dienone is 6. The number of aliphatic hydroxyl groups is 2. The molecule has 17 nitrogen and oxygen atoms in total. The number of cyclic esters (lactones) is 1. The SMILES string of the molecule is CO[C@H]1C[C@@H]2CC[C@@H](C)[C@@](O)(O2)C(=O)C(=O)N2CCCC[C@H]2C(=O)O[C@H]([C@H](C)C[C@@H]2CC[C@@H](OCCOC(=O)OCCSSC)[C@H](OC)C2)CC(=O)[C@H](C)/C=C(\C)[C@@H](O)[C@@H](OC)C(=O)[C@H](C)C[C@H](C)/C=C/C=C/C=C/1C. The van der Waals surface area contributed by atoms with Gasteiger partial charge in [-0.25, -0.2) is 9.59 Å². The van der Waals surface area contributed by atoms with Crippen LogP contribution in [0.15, 0.2) is 47.6 Å². The molecule has 430 valence electrons. The minimum atomic E-state index is -2.45. The van der Waals surface area contributed by atoms with Crippen LogP contribution in [0.5, 0.6) is 0 Å². The average Bonchev–Trinajstić information content (AvgIpc) is 3.40. The highest BCUT2D eigenvalue weighted by Gasteiger charge is 2.53. The smallest absolute Gasteiger partial charge is 0.460 e. The fourth-order valence-electron chi connectivity index (χ4n) is 10.9. The molecule has 3 aliphatic heterocycles. The van der Waals surface area contributed by atoms with Crippen molar-refractivity contribution in [2.24, 2.45) is 35.5 Å². The Morgan fingerprint density at radius 1 is 0.855 bits per heavy atom. The zero-order valence-corrected chi connectivity index (χ0v) is 48.6. The standard InChI is InChI=1S/C57H89NO16S2/c1-35-17-13-12-14-18-36(2)47(67-8)33-43-22-20-41(7)57(66,74-43)53(62)54(63)58-24-16-15-19-44(58)55(64)73-48(34-45(59)37(3)30-40(6)51(61)52(69-10)50(60)39(5)29-35)38(4)31-42-21-23-46(49(32-42)68-9)70-25-26-71-56(65)72-27-28-76-75-11/h12-14,17-18,30,35,37-39,41-44,46-49,51-52,61,66H,15-16,19-29,31-34H2,1-11H3/b14-12+,17-13+,36-18+,40-30+/t35-,37-,38-,39-,41-,42+,43+,44+,46-,47+,48+,49-,51-,52+,57-/m1/s1. The molecule has 19 heteroatoms. The van der Waals surface area contributed by atoms with Gasteiger partial charge in [0.15, 0.2) is 5.78 Å². The molecule has 0 spiro atoms. The third-order valence-electron chi connectivity index (χ3n) is 15.6. The Bertz CT molecular complexity index is 2030. The van der Waals surface area contributed by atoms with E-state index in [-0.39, 0.29) is 80.7 Å². The summed E-state index contributed by atoms with van der Waals surface area (Å²) in [7, 11) is 7.73. The molecule has 3 heterocycles. The largest absolute Gasteiger partial charge is 0.508 e. The number of hydrogen-bond donors (Lipinski definition) is 2. The maximum atomic E-state index is 14.6. The Hall–Kier alpha value is -3.40. The average molecular weight is 1110 g/mol. The second kappa shape index (κ2) is 32.6. The summed E-state index contributed by atoms with van der Waals surface area (Å²) in [5, 5.41) is 23.6. The zero-order chi connectivity index (χ0) is 56.1. The predicted molar refractivity (Wildman–Crippen MR) is 292 cm³/mol. The number of piperidine rings is 1. The molecule has 76 heavy (non-hydrogen) atoms. The van der Waals surface area contributed by atoms with Crippen LogP contribution in [0.2, 0.25) is 0 Å². The van der Waals surface area contributed by atoms with E-state index in [4.69, 9.17) is 37.9 Å². The quantitative estimate of drug-likeness (QED) is 0.0548. The Kier molecular flexibility index (Phi) is 27.9. The van der Waals surface area contributed by atoms with Crippen molar-refractivity contribution in [3.8, 4) is 0 Å². The molecule has 4 aliphatic rings. The molecule has 0 unspecified atom stereocenters. The third kappa shape index (κ3) is 19.2. The molecule has 0 aromatic rings. The van der Waals surface area contributed by atoms with Crippen molar-refractivity contribution < 1.29 is 76.9 Å². The first-order valence-corrected chi connectivity index (χ1v) is 30.0. The number of aliphatic hydroxyl groups excluding tert-OH is 1. The maximum absolute atomic E-state index is 14.6. The molecule has 1 aliphatic carbocycles. The van der Waals surface area contributed by atoms with E-state index in [0.717, 1.165) is 12.0 Å². The highest BCUT2D eigenvalue weighted by Crippen LogP contribution is 2.38. The van der Waals surface area contributed by atoms with Gasteiger partial charge in [-0.1, -0.05) is 92.7 Å². The maximum Gasteiger partial charge on any atom is 0.508 e. The van der Waals surface area contributed by atoms with Gasteiger partial charge in [-0.2, -0.15) is 0 Å². The lowest BCUT2D eigenvalue weighted by atomic mass is 9.78. The van der Waals surface area contributed by atoms with Gasteiger partial charge < -0.3 is 53.0 Å². The molecule has 15 atom stereocenters. The lowest BCUT2D eigenvalue weighted by Gasteiger charge is -2.42. The number of esters is 1. The lowest BCUT2D eigenvalue weighted by Crippen LogP contribution is -2.61. The molecule has 0 aromatic heterocycles. The normalized spacial score (nSPS) is 36.1. The van der Waals surface area contributed by atoms with Crippen LogP contribution in [0.3, 0.4) is 0 Å². The molecule has 3 fully saturated rings. The number of Topliss-reactive ketones (excluding diaryl/α,β-unsaturated/α-hetero) is 3.